The number of nitrogens with one attached hydrogen (secondary N) is 1. The molecular weight excluding hydrogens is 317 g/mol. The van der Waals surface area contributed by atoms with Crippen molar-refractivity contribution >= 4 is 10.0 Å². The normalized spacial score (nSPS) is 17.0. The van der Waals surface area contributed by atoms with Gasteiger partial charge in [-0.2, -0.15) is 0 Å². The predicted octanol–water partition coefficient (Wildman–Crippen LogP) is 2.94. The Kier molecular flexibility index (Phi) is 4.37. The molecule has 0 bridgehead atoms. The highest BCUT2D eigenvalue weighted by Gasteiger charge is 2.27. The van der Waals surface area contributed by atoms with Gasteiger partial charge in [-0.25, -0.2) is 17.5 Å². The fourth-order valence-electron chi connectivity index (χ4n) is 2.94. The monoisotopic (exact) mass is 335 g/mol. The molecule has 122 valence electrons. The van der Waals surface area contributed by atoms with Gasteiger partial charge >= 0.3 is 0 Å². The molecule has 1 atom stereocenters. The first-order chi connectivity index (χ1) is 11.0. The van der Waals surface area contributed by atoms with E-state index >= 15 is 0 Å². The van der Waals surface area contributed by atoms with Crippen LogP contribution in [-0.4, -0.2) is 15.5 Å². The molecule has 0 aromatic heterocycles. The molecule has 4 nitrogen and oxygen atoms in total. The Labute approximate surface area is 135 Å². The first-order valence-electron chi connectivity index (χ1n) is 7.38. The molecule has 1 aliphatic rings. The van der Waals surface area contributed by atoms with Crippen LogP contribution in [0.1, 0.15) is 29.2 Å². The van der Waals surface area contributed by atoms with E-state index in [1.54, 1.807) is 30.3 Å². The molecule has 0 heterocycles. The largest absolute Gasteiger partial charge is 0.497 e. The third-order valence-corrected chi connectivity index (χ3v) is 5.36. The van der Waals surface area contributed by atoms with E-state index in [0.29, 0.717) is 17.7 Å². The fourth-order valence-corrected chi connectivity index (χ4v) is 4.32. The number of aryl methyl sites for hydroxylation is 1. The minimum atomic E-state index is -3.53. The zero-order valence-corrected chi connectivity index (χ0v) is 13.6. The number of rotatable bonds is 5. The van der Waals surface area contributed by atoms with Crippen molar-refractivity contribution in [1.29, 1.82) is 0 Å². The highest BCUT2D eigenvalue weighted by molar-refractivity contribution is 7.88. The Hall–Kier alpha value is -1.92. The lowest BCUT2D eigenvalue weighted by molar-refractivity contribution is 0.414. The summed E-state index contributed by atoms with van der Waals surface area (Å²) in [7, 11) is -1.99. The highest BCUT2D eigenvalue weighted by Crippen LogP contribution is 2.32. The van der Waals surface area contributed by atoms with Crippen molar-refractivity contribution in [2.24, 2.45) is 0 Å². The summed E-state index contributed by atoms with van der Waals surface area (Å²) in [6.07, 6.45) is 1.40. The maximum Gasteiger partial charge on any atom is 0.216 e. The van der Waals surface area contributed by atoms with Crippen molar-refractivity contribution < 1.29 is 17.5 Å². The van der Waals surface area contributed by atoms with Gasteiger partial charge in [0.25, 0.3) is 0 Å². The van der Waals surface area contributed by atoms with Crippen LogP contribution in [0.25, 0.3) is 0 Å². The van der Waals surface area contributed by atoms with Crippen molar-refractivity contribution in [2.75, 3.05) is 7.11 Å². The van der Waals surface area contributed by atoms with E-state index in [2.05, 4.69) is 4.72 Å². The number of benzene rings is 2. The molecule has 0 amide bonds. The van der Waals surface area contributed by atoms with E-state index in [-0.39, 0.29) is 17.6 Å². The molecule has 0 unspecified atom stereocenters. The van der Waals surface area contributed by atoms with Gasteiger partial charge in [0.2, 0.25) is 10.0 Å². The molecular formula is C17H18FNO3S. The number of sulfonamides is 1. The van der Waals surface area contributed by atoms with Crippen LogP contribution in [0.3, 0.4) is 0 Å². The van der Waals surface area contributed by atoms with E-state index < -0.39 is 10.0 Å². The molecule has 1 aliphatic carbocycles. The van der Waals surface area contributed by atoms with Gasteiger partial charge in [-0.3, -0.25) is 0 Å². The summed E-state index contributed by atoms with van der Waals surface area (Å²) in [6.45, 7) is 0. The molecule has 0 fully saturated rings. The number of halogens is 1. The Morgan fingerprint density at radius 1 is 1.26 bits per heavy atom. The van der Waals surface area contributed by atoms with Crippen molar-refractivity contribution in [2.45, 2.75) is 24.6 Å². The third kappa shape index (κ3) is 3.71. The molecule has 0 saturated carbocycles. The summed E-state index contributed by atoms with van der Waals surface area (Å²) < 4.78 is 46.0. The second-order valence-corrected chi connectivity index (χ2v) is 7.42. The Morgan fingerprint density at radius 2 is 2.09 bits per heavy atom. The fraction of sp³-hybridized carbons (Fsp3) is 0.294. The van der Waals surface area contributed by atoms with Gasteiger partial charge < -0.3 is 4.74 Å². The standard InChI is InChI=1S/C17H18FNO3S/c1-22-15-4-2-3-12(9-15)11-23(20,21)19-17-8-6-13-5-7-14(18)10-16(13)17/h2-5,7,9-10,17,19H,6,8,11H2,1H3/t17-/m0/s1. The number of hydrogen-bond donors (Lipinski definition) is 1. The molecule has 2 aromatic rings. The molecule has 0 spiro atoms. The smallest absolute Gasteiger partial charge is 0.216 e. The van der Waals surface area contributed by atoms with Crippen LogP contribution in [-0.2, 0) is 22.2 Å². The molecule has 1 N–H and O–H groups in total. The molecule has 2 aromatic carbocycles. The Bertz CT molecular complexity index is 820. The predicted molar refractivity (Wildman–Crippen MR) is 86.2 cm³/mol. The van der Waals surface area contributed by atoms with Gasteiger partial charge in [-0.05, 0) is 53.8 Å². The highest BCUT2D eigenvalue weighted by atomic mass is 32.2. The van der Waals surface area contributed by atoms with Gasteiger partial charge in [-0.15, -0.1) is 0 Å². The Morgan fingerprint density at radius 3 is 2.87 bits per heavy atom. The van der Waals surface area contributed by atoms with Crippen LogP contribution < -0.4 is 9.46 Å². The quantitative estimate of drug-likeness (QED) is 0.914. The van der Waals surface area contributed by atoms with Crippen molar-refractivity contribution in [3.8, 4) is 5.75 Å². The molecule has 6 heteroatoms. The molecule has 0 saturated heterocycles. The van der Waals surface area contributed by atoms with Crippen LogP contribution >= 0.6 is 0 Å². The maximum atomic E-state index is 13.4. The number of fused-ring (bicyclic) bond motifs is 1. The van der Waals surface area contributed by atoms with E-state index in [9.17, 15) is 12.8 Å². The van der Waals surface area contributed by atoms with Gasteiger partial charge in [0, 0.05) is 6.04 Å². The SMILES string of the molecule is COc1cccc(CS(=O)(=O)N[C@H]2CCc3ccc(F)cc32)c1. The minimum Gasteiger partial charge on any atom is -0.497 e. The summed E-state index contributed by atoms with van der Waals surface area (Å²) in [4.78, 5) is 0. The van der Waals surface area contributed by atoms with Crippen LogP contribution in [0, 0.1) is 5.82 Å². The van der Waals surface area contributed by atoms with Crippen LogP contribution in [0.15, 0.2) is 42.5 Å². The molecule has 3 rings (SSSR count). The first kappa shape index (κ1) is 16.0. The second kappa shape index (κ2) is 6.29. The van der Waals surface area contributed by atoms with Crippen LogP contribution in [0.5, 0.6) is 5.75 Å². The number of methoxy groups -OCH3 is 1. The molecule has 0 radical (unpaired) electrons. The van der Waals surface area contributed by atoms with E-state index in [1.165, 1.54) is 19.2 Å². The average molecular weight is 335 g/mol. The Balaban J connectivity index is 1.76. The van der Waals surface area contributed by atoms with Gasteiger partial charge in [0.15, 0.2) is 0 Å². The van der Waals surface area contributed by atoms with Crippen LogP contribution in [0.4, 0.5) is 4.39 Å². The topological polar surface area (TPSA) is 55.4 Å². The minimum absolute atomic E-state index is 0.134. The maximum absolute atomic E-state index is 13.4. The second-order valence-electron chi connectivity index (χ2n) is 5.66. The summed E-state index contributed by atoms with van der Waals surface area (Å²) in [5, 5.41) is 0. The third-order valence-electron chi connectivity index (χ3n) is 4.00. The average Bonchev–Trinajstić information content (AvgIpc) is 2.88. The van der Waals surface area contributed by atoms with E-state index in [4.69, 9.17) is 4.74 Å². The van der Waals surface area contributed by atoms with Crippen molar-refractivity contribution in [3.63, 3.8) is 0 Å². The summed E-state index contributed by atoms with van der Waals surface area (Å²) >= 11 is 0. The summed E-state index contributed by atoms with van der Waals surface area (Å²) in [6, 6.07) is 11.1. The number of ether oxygens (including phenoxy) is 1. The summed E-state index contributed by atoms with van der Waals surface area (Å²) in [5.41, 5.74) is 2.38. The molecule has 23 heavy (non-hydrogen) atoms. The van der Waals surface area contributed by atoms with Gasteiger partial charge in [-0.1, -0.05) is 18.2 Å². The zero-order valence-electron chi connectivity index (χ0n) is 12.8. The summed E-state index contributed by atoms with van der Waals surface area (Å²) in [5.74, 6) is 0.138. The van der Waals surface area contributed by atoms with Crippen molar-refractivity contribution in [1.82, 2.24) is 4.72 Å². The number of hydrogen-bond acceptors (Lipinski definition) is 3. The van der Waals surface area contributed by atoms with Crippen molar-refractivity contribution in [3.05, 3.63) is 65.0 Å². The van der Waals surface area contributed by atoms with Crippen LogP contribution in [0.2, 0.25) is 0 Å². The molecule has 0 aliphatic heterocycles. The zero-order chi connectivity index (χ0) is 16.4. The van der Waals surface area contributed by atoms with E-state index in [1.807, 2.05) is 0 Å². The van der Waals surface area contributed by atoms with Gasteiger partial charge in [0.1, 0.15) is 11.6 Å². The van der Waals surface area contributed by atoms with Gasteiger partial charge in [0.05, 0.1) is 12.9 Å². The lowest BCUT2D eigenvalue weighted by Gasteiger charge is -2.15. The lowest BCUT2D eigenvalue weighted by Crippen LogP contribution is -2.28. The first-order valence-corrected chi connectivity index (χ1v) is 9.03. The van der Waals surface area contributed by atoms with E-state index in [0.717, 1.165) is 17.5 Å². The lowest BCUT2D eigenvalue weighted by atomic mass is 10.1.